The summed E-state index contributed by atoms with van der Waals surface area (Å²) in [6.07, 6.45) is 4.28. The van der Waals surface area contributed by atoms with Gasteiger partial charge in [0.05, 0.1) is 22.7 Å². The van der Waals surface area contributed by atoms with Gasteiger partial charge in [0.2, 0.25) is 0 Å². The van der Waals surface area contributed by atoms with Gasteiger partial charge in [0.1, 0.15) is 57.5 Å². The molecule has 13 aromatic rings. The van der Waals surface area contributed by atoms with Crippen molar-refractivity contribution < 1.29 is 23.7 Å². The molecule has 0 saturated heterocycles. The number of hydrogen-bond acceptors (Lipinski definition) is 11. The van der Waals surface area contributed by atoms with Gasteiger partial charge in [0.25, 0.3) is 20.1 Å². The van der Waals surface area contributed by atoms with Crippen LogP contribution >= 0.6 is 23.9 Å². The maximum atomic E-state index is 7.45. The molecule has 0 unspecified atom stereocenters. The van der Waals surface area contributed by atoms with E-state index in [1.165, 1.54) is 10.9 Å². The zero-order chi connectivity index (χ0) is 57.9. The van der Waals surface area contributed by atoms with E-state index in [4.69, 9.17) is 23.7 Å². The number of aromatic amines is 2. The highest BCUT2D eigenvalue weighted by Gasteiger charge is 2.50. The molecule has 19 rings (SSSR count). The molecule has 11 nitrogen and oxygen atoms in total. The van der Waals surface area contributed by atoms with E-state index >= 15 is 0 Å². The highest BCUT2D eigenvalue weighted by Crippen LogP contribution is 2.50. The molecule has 3 N–H and O–H groups in total. The van der Waals surface area contributed by atoms with Crippen molar-refractivity contribution in [2.75, 3.05) is 31.3 Å². The lowest BCUT2D eigenvalue weighted by atomic mass is 9.30. The summed E-state index contributed by atoms with van der Waals surface area (Å²) >= 11 is 3.32. The van der Waals surface area contributed by atoms with Gasteiger partial charge < -0.3 is 43.9 Å². The summed E-state index contributed by atoms with van der Waals surface area (Å²) in [7, 11) is 0. The molecule has 0 saturated carbocycles. The van der Waals surface area contributed by atoms with Gasteiger partial charge in [-0.2, -0.15) is 0 Å². The molecule has 0 amide bonds. The summed E-state index contributed by atoms with van der Waals surface area (Å²) in [5.41, 5.74) is 21.4. The topological polar surface area (TPSA) is 99.5 Å². The van der Waals surface area contributed by atoms with Crippen molar-refractivity contribution in [1.29, 1.82) is 0 Å². The molecule has 2 aromatic heterocycles. The summed E-state index contributed by atoms with van der Waals surface area (Å²) in [6, 6.07) is 80.3. The predicted octanol–water partition coefficient (Wildman–Crippen LogP) is 13.1. The first-order valence-electron chi connectivity index (χ1n) is 29.5. The van der Waals surface area contributed by atoms with Crippen LogP contribution in [0, 0.1) is 0 Å². The zero-order valence-electron chi connectivity index (χ0n) is 47.4. The van der Waals surface area contributed by atoms with E-state index in [1.54, 1.807) is 23.9 Å². The number of H-pyrrole nitrogens is 2. The quantitative estimate of drug-likeness (QED) is 0.0952. The molecule has 0 fully saturated rings. The molecule has 416 valence electrons. The predicted molar refractivity (Wildman–Crippen MR) is 365 cm³/mol. The third kappa shape index (κ3) is 7.33. The van der Waals surface area contributed by atoms with Crippen molar-refractivity contribution in [2.24, 2.45) is 0 Å². The lowest BCUT2D eigenvalue weighted by Crippen LogP contribution is -2.65. The molecule has 11 aromatic carbocycles. The molecule has 88 heavy (non-hydrogen) atoms. The van der Waals surface area contributed by atoms with Gasteiger partial charge >= 0.3 is 0 Å². The van der Waals surface area contributed by atoms with Gasteiger partial charge in [-0.25, -0.2) is 0 Å². The summed E-state index contributed by atoms with van der Waals surface area (Å²) in [4.78, 5) is 10.4. The van der Waals surface area contributed by atoms with Gasteiger partial charge in [-0.1, -0.05) is 115 Å². The third-order valence-corrected chi connectivity index (χ3v) is 19.6. The molecule has 16 heteroatoms. The first-order valence-corrected chi connectivity index (χ1v) is 31.8. The maximum absolute atomic E-state index is 7.45. The Bertz CT molecular complexity index is 5090. The second-order valence-electron chi connectivity index (χ2n) is 22.9. The minimum absolute atomic E-state index is 0.212. The molecule has 0 atom stereocenters. The van der Waals surface area contributed by atoms with E-state index in [0.717, 1.165) is 157 Å². The number of para-hydroxylation sites is 6. The Balaban J connectivity index is 0.852. The van der Waals surface area contributed by atoms with Gasteiger partial charge in [-0.3, -0.25) is 8.61 Å². The number of benzene rings is 11. The number of hydrogen-bond donors (Lipinski definition) is 3. The second kappa shape index (κ2) is 19.0. The molecule has 6 aliphatic rings. The number of aromatic nitrogens is 2. The second-order valence-corrected chi connectivity index (χ2v) is 24.4. The molecule has 0 aliphatic carbocycles. The van der Waals surface area contributed by atoms with Crippen LogP contribution in [-0.2, 0) is 0 Å². The van der Waals surface area contributed by atoms with Gasteiger partial charge in [-0.15, -0.1) is 0 Å². The van der Waals surface area contributed by atoms with Crippen molar-refractivity contribution >= 4 is 166 Å². The van der Waals surface area contributed by atoms with Gasteiger partial charge in [0, 0.05) is 116 Å². The lowest BCUT2D eigenvalue weighted by Gasteiger charge is -2.43. The fourth-order valence-electron chi connectivity index (χ4n) is 14.6. The van der Waals surface area contributed by atoms with Crippen LogP contribution in [0.5, 0.6) is 57.5 Å². The fraction of sp³-hybridized carbons (Fsp3) is 0.0278. The summed E-state index contributed by atoms with van der Waals surface area (Å²) in [5, 5.41) is 6.23. The van der Waals surface area contributed by atoms with Crippen molar-refractivity contribution in [2.45, 2.75) is 0 Å². The number of anilines is 9. The summed E-state index contributed by atoms with van der Waals surface area (Å²) in [6.45, 7) is -0.733. The van der Waals surface area contributed by atoms with E-state index in [1.807, 2.05) is 91.0 Å². The van der Waals surface area contributed by atoms with Crippen LogP contribution in [0.3, 0.4) is 0 Å². The van der Waals surface area contributed by atoms with E-state index < -0.39 is 0 Å². The molecular formula is C72H47B3N6O5S2. The van der Waals surface area contributed by atoms with Crippen molar-refractivity contribution in [1.82, 2.24) is 9.97 Å². The van der Waals surface area contributed by atoms with Crippen molar-refractivity contribution in [3.63, 3.8) is 0 Å². The first-order chi connectivity index (χ1) is 43.5. The van der Waals surface area contributed by atoms with Gasteiger partial charge in [0.15, 0.2) is 0 Å². The van der Waals surface area contributed by atoms with E-state index in [2.05, 4.69) is 181 Å². The molecule has 0 spiro atoms. The molecular weight excluding hydrogens is 1130 g/mol. The average Bonchev–Trinajstić information content (AvgIpc) is 1.06. The number of ether oxygens (including phenoxy) is 5. The molecule has 0 radical (unpaired) electrons. The van der Waals surface area contributed by atoms with Crippen LogP contribution in [0.15, 0.2) is 231 Å². The number of nitrogens with one attached hydrogen (secondary N) is 3. The van der Waals surface area contributed by atoms with E-state index in [0.29, 0.717) is 11.5 Å². The highest BCUT2D eigenvalue weighted by molar-refractivity contribution is 8.00. The lowest BCUT2D eigenvalue weighted by molar-refractivity contribution is 0.463. The molecule has 6 aliphatic heterocycles. The Morgan fingerprint density at radius 2 is 0.875 bits per heavy atom. The Morgan fingerprint density at radius 3 is 1.52 bits per heavy atom. The summed E-state index contributed by atoms with van der Waals surface area (Å²) in [5.74, 6) is 7.43. The van der Waals surface area contributed by atoms with Crippen LogP contribution in [0.4, 0.5) is 51.2 Å². The van der Waals surface area contributed by atoms with Gasteiger partial charge in [-0.05, 0) is 135 Å². The Labute approximate surface area is 516 Å². The van der Waals surface area contributed by atoms with Crippen molar-refractivity contribution in [3.8, 4) is 57.5 Å². The Hall–Kier alpha value is -10.4. The third-order valence-electron chi connectivity index (χ3n) is 18.1. The van der Waals surface area contributed by atoms with Crippen molar-refractivity contribution in [3.05, 3.63) is 231 Å². The molecule has 0 bridgehead atoms. The number of fused-ring (bicyclic) bond motifs is 16. The van der Waals surface area contributed by atoms with E-state index in [9.17, 15) is 0 Å². The van der Waals surface area contributed by atoms with Crippen LogP contribution < -0.4 is 91.9 Å². The van der Waals surface area contributed by atoms with Crippen LogP contribution in [0.1, 0.15) is 0 Å². The average molecular weight is 1170 g/mol. The Morgan fingerprint density at radius 1 is 0.375 bits per heavy atom. The van der Waals surface area contributed by atoms with Crippen LogP contribution in [-0.4, -0.2) is 42.6 Å². The zero-order valence-corrected chi connectivity index (χ0v) is 49.0. The monoisotopic (exact) mass is 1170 g/mol. The minimum atomic E-state index is -0.282. The summed E-state index contributed by atoms with van der Waals surface area (Å²) < 4.78 is 39.5. The normalized spacial score (nSPS) is 13.8. The number of rotatable bonds is 9. The maximum Gasteiger partial charge on any atom is 0.276 e. The standard InChI is InChI=1S/C72H47B3N6O5S2/c1-87-80-58-39-56-50(74-66-57(76-56)31-45(82-42-21-9-4-10-22-42)32-60(66)79(41-19-7-3-8-20-41)69-48-27-15-17-29-54(48)77-71(69)74)37-51(58)73-53-38-52-59(40-63(53)85-64-35-46(33-61(80)67(64)73)83-43-23-11-5-12-24-43)81(88-2)62-34-47(84-44-25-13-6-14-26-44)36-65-68(62)75(52)72-70(86-65)49-28-16-18-30-55(49)78-72/h3-40,76-78H,1-2H3. The highest BCUT2D eigenvalue weighted by atomic mass is 32.2. The van der Waals surface area contributed by atoms with Crippen LogP contribution in [0.2, 0.25) is 0 Å². The largest absolute Gasteiger partial charge is 0.458 e. The Kier molecular flexibility index (Phi) is 10.8. The smallest absolute Gasteiger partial charge is 0.276 e. The molecule has 8 heterocycles. The van der Waals surface area contributed by atoms with Crippen LogP contribution in [0.25, 0.3) is 21.8 Å². The first kappa shape index (κ1) is 49.8. The number of nitrogens with zero attached hydrogens (tertiary/aromatic N) is 3. The SMILES string of the molecule is CSN1c2cc3c(cc2B2c4cc5c(cc4Oc4cc(Oc6ccccc6)cc1c42)N(SC)c1cc(Oc2ccccc2)cc2c1B5c1[nH]c4ccccc4c1O2)B1c2[nH]c4ccccc4c2N(c2ccccc2)c2cc(Oc4ccccc4)cc(c21)N3. The van der Waals surface area contributed by atoms with E-state index in [-0.39, 0.29) is 20.1 Å². The fourth-order valence-corrected chi connectivity index (χ4v) is 16.1. The minimum Gasteiger partial charge on any atom is -0.458 e.